The van der Waals surface area contributed by atoms with Crippen molar-refractivity contribution in [1.29, 1.82) is 5.41 Å². The van der Waals surface area contributed by atoms with Crippen LogP contribution in [-0.4, -0.2) is 44.9 Å². The normalized spacial score (nSPS) is 11.8. The number of aromatic nitrogens is 3. The maximum atomic E-state index is 10.7. The zero-order valence-corrected chi connectivity index (χ0v) is 18.5. The van der Waals surface area contributed by atoms with E-state index in [1.165, 1.54) is 4.90 Å². The molecule has 0 aliphatic rings. The number of pyridine rings is 1. The second kappa shape index (κ2) is 10.4. The smallest absolute Gasteiger partial charge is 0.213 e. The van der Waals surface area contributed by atoms with Gasteiger partial charge in [-0.25, -0.2) is 4.98 Å². The van der Waals surface area contributed by atoms with E-state index in [4.69, 9.17) is 10.4 Å². The van der Waals surface area contributed by atoms with Gasteiger partial charge in [-0.2, -0.15) is 5.10 Å². The van der Waals surface area contributed by atoms with Crippen LogP contribution in [0.1, 0.15) is 44.6 Å². The first-order chi connectivity index (χ1) is 14.2. The third kappa shape index (κ3) is 6.30. The monoisotopic (exact) mass is 409 g/mol. The first-order valence-electron chi connectivity index (χ1n) is 9.82. The van der Waals surface area contributed by atoms with Crippen LogP contribution in [0, 0.1) is 5.41 Å². The highest BCUT2D eigenvalue weighted by molar-refractivity contribution is 6.02. The highest BCUT2D eigenvalue weighted by Gasteiger charge is 2.16. The van der Waals surface area contributed by atoms with Crippen LogP contribution < -0.4 is 10.6 Å². The molecule has 0 aliphatic carbocycles. The highest BCUT2D eigenvalue weighted by atomic mass is 16.1. The number of nitrogens with zero attached hydrogens (tertiary/aromatic N) is 4. The Morgan fingerprint density at radius 1 is 1.37 bits per heavy atom. The second-order valence-corrected chi connectivity index (χ2v) is 7.54. The van der Waals surface area contributed by atoms with Crippen molar-refractivity contribution in [2.75, 3.05) is 17.7 Å². The number of aryl methyl sites for hydroxylation is 1. The van der Waals surface area contributed by atoms with Crippen LogP contribution in [0.2, 0.25) is 0 Å². The van der Waals surface area contributed by atoms with Crippen molar-refractivity contribution >= 4 is 29.1 Å². The van der Waals surface area contributed by atoms with Gasteiger partial charge in [0, 0.05) is 44.6 Å². The summed E-state index contributed by atoms with van der Waals surface area (Å²) in [6.07, 6.45) is 9.90. The lowest BCUT2D eigenvalue weighted by Crippen LogP contribution is -2.17. The van der Waals surface area contributed by atoms with E-state index in [9.17, 15) is 4.79 Å². The van der Waals surface area contributed by atoms with E-state index in [0.29, 0.717) is 18.0 Å². The summed E-state index contributed by atoms with van der Waals surface area (Å²) in [5.41, 5.74) is 5.43. The Morgan fingerprint density at radius 2 is 2.10 bits per heavy atom. The summed E-state index contributed by atoms with van der Waals surface area (Å²) >= 11 is 0. The van der Waals surface area contributed by atoms with Crippen molar-refractivity contribution in [2.24, 2.45) is 7.05 Å². The lowest BCUT2D eigenvalue weighted by atomic mass is 10.1. The van der Waals surface area contributed by atoms with Crippen molar-refractivity contribution in [2.45, 2.75) is 40.3 Å². The van der Waals surface area contributed by atoms with E-state index in [0.717, 1.165) is 34.6 Å². The highest BCUT2D eigenvalue weighted by Crippen LogP contribution is 2.30. The van der Waals surface area contributed by atoms with Crippen LogP contribution in [0.3, 0.4) is 0 Å². The van der Waals surface area contributed by atoms with Gasteiger partial charge in [0.15, 0.2) is 0 Å². The van der Waals surface area contributed by atoms with E-state index >= 15 is 0 Å². The van der Waals surface area contributed by atoms with Crippen LogP contribution >= 0.6 is 0 Å². The number of hydrogen-bond acceptors (Lipinski definition) is 6. The van der Waals surface area contributed by atoms with Crippen molar-refractivity contribution in [3.8, 4) is 0 Å². The average molecular weight is 410 g/mol. The van der Waals surface area contributed by atoms with Gasteiger partial charge in [0.05, 0.1) is 29.0 Å². The molecule has 0 unspecified atom stereocenters. The molecule has 0 fully saturated rings. The predicted octanol–water partition coefficient (Wildman–Crippen LogP) is 3.64. The maximum absolute atomic E-state index is 10.7. The van der Waals surface area contributed by atoms with Crippen molar-refractivity contribution in [1.82, 2.24) is 19.7 Å². The fraction of sp³-hybridized carbons (Fsp3) is 0.364. The molecule has 1 amide bonds. The molecule has 0 saturated carbocycles. The second-order valence-electron chi connectivity index (χ2n) is 7.54. The quantitative estimate of drug-likeness (QED) is 0.316. The molecular weight excluding hydrogens is 378 g/mol. The fourth-order valence-corrected chi connectivity index (χ4v) is 2.80. The summed E-state index contributed by atoms with van der Waals surface area (Å²) < 4.78 is 1.77. The molecule has 0 aliphatic heterocycles. The number of allylic oxidation sites excluding steroid dienone is 3. The van der Waals surface area contributed by atoms with Gasteiger partial charge in [0.25, 0.3) is 0 Å². The van der Waals surface area contributed by atoms with Gasteiger partial charge < -0.3 is 20.9 Å². The lowest BCUT2D eigenvalue weighted by Gasteiger charge is -2.20. The van der Waals surface area contributed by atoms with E-state index in [2.05, 4.69) is 29.6 Å². The van der Waals surface area contributed by atoms with Crippen molar-refractivity contribution in [3.05, 3.63) is 53.8 Å². The Hall–Kier alpha value is -3.42. The van der Waals surface area contributed by atoms with Crippen molar-refractivity contribution in [3.63, 3.8) is 0 Å². The molecule has 2 rings (SSSR count). The van der Waals surface area contributed by atoms with Gasteiger partial charge in [0.2, 0.25) is 6.41 Å². The van der Waals surface area contributed by atoms with Gasteiger partial charge >= 0.3 is 0 Å². The number of carbonyl (C=O) groups is 1. The Bertz CT molecular complexity index is 956. The lowest BCUT2D eigenvalue weighted by molar-refractivity contribution is -0.114. The molecule has 3 N–H and O–H groups in total. The molecule has 0 radical (unpaired) electrons. The van der Waals surface area contributed by atoms with Gasteiger partial charge in [0.1, 0.15) is 5.69 Å². The van der Waals surface area contributed by atoms with Gasteiger partial charge in [-0.15, -0.1) is 0 Å². The van der Waals surface area contributed by atoms with E-state index in [1.807, 2.05) is 38.5 Å². The first-order valence-corrected chi connectivity index (χ1v) is 9.82. The maximum Gasteiger partial charge on any atom is 0.213 e. The molecule has 2 aromatic rings. The molecule has 0 saturated heterocycles. The molecule has 8 nitrogen and oxygen atoms in total. The third-order valence-electron chi connectivity index (χ3n) is 4.29. The molecule has 0 atom stereocenters. The Labute approximate surface area is 178 Å². The largest absolute Gasteiger partial charge is 0.379 e. The van der Waals surface area contributed by atoms with Crippen LogP contribution in [0.15, 0.2) is 36.8 Å². The molecule has 160 valence electrons. The molecule has 0 spiro atoms. The minimum absolute atomic E-state index is 0.188. The number of anilines is 2. The molecule has 0 aromatic carbocycles. The van der Waals surface area contributed by atoms with Gasteiger partial charge in [-0.05, 0) is 45.4 Å². The summed E-state index contributed by atoms with van der Waals surface area (Å²) in [6.45, 7) is 8.41. The SMILES string of the molecule is CC(=N)c1nc(/C(C)=C/C=C\N(C)C=O)cc(NCc2cnn(C)c2)c1NC(C)C. The minimum Gasteiger partial charge on any atom is -0.379 e. The summed E-state index contributed by atoms with van der Waals surface area (Å²) in [7, 11) is 3.56. The zero-order chi connectivity index (χ0) is 22.3. The van der Waals surface area contributed by atoms with E-state index in [1.54, 1.807) is 30.9 Å². The summed E-state index contributed by atoms with van der Waals surface area (Å²) in [5, 5.41) is 19.4. The number of nitrogens with one attached hydrogen (secondary N) is 3. The van der Waals surface area contributed by atoms with Crippen LogP contribution in [0.25, 0.3) is 5.57 Å². The molecule has 30 heavy (non-hydrogen) atoms. The topological polar surface area (TPSA) is 98.9 Å². The minimum atomic E-state index is 0.188. The summed E-state index contributed by atoms with van der Waals surface area (Å²) in [4.78, 5) is 16.9. The van der Waals surface area contributed by atoms with Gasteiger partial charge in [-0.3, -0.25) is 9.48 Å². The third-order valence-corrected chi connectivity index (χ3v) is 4.29. The standard InChI is InChI=1S/C22H31N7O/c1-15(2)26-22-20(24-11-18-12-25-29(6)13-18)10-19(27-21(22)17(4)23)16(3)8-7-9-28(5)14-30/h7-10,12-15,23,26H,11H2,1-6H3,(H,24,27)/b9-7-,16-8+,23-17?. The molecule has 0 bridgehead atoms. The van der Waals surface area contributed by atoms with E-state index < -0.39 is 0 Å². The Balaban J connectivity index is 2.46. The average Bonchev–Trinajstić information content (AvgIpc) is 3.11. The zero-order valence-electron chi connectivity index (χ0n) is 18.5. The van der Waals surface area contributed by atoms with Crippen LogP contribution in [-0.2, 0) is 18.4 Å². The Kier molecular flexibility index (Phi) is 7.91. The predicted molar refractivity (Wildman–Crippen MR) is 123 cm³/mol. The molecule has 2 aromatic heterocycles. The van der Waals surface area contributed by atoms with E-state index in [-0.39, 0.29) is 6.04 Å². The molecular formula is C22H31N7O. The van der Waals surface area contributed by atoms with Crippen molar-refractivity contribution < 1.29 is 4.79 Å². The summed E-state index contributed by atoms with van der Waals surface area (Å²) in [5.74, 6) is 0. The number of amides is 1. The molecule has 8 heteroatoms. The van der Waals surface area contributed by atoms with Crippen LogP contribution in [0.4, 0.5) is 11.4 Å². The number of rotatable bonds is 10. The molecule has 2 heterocycles. The Morgan fingerprint density at radius 3 is 2.67 bits per heavy atom. The van der Waals surface area contributed by atoms with Crippen LogP contribution in [0.5, 0.6) is 0 Å². The number of hydrogen-bond donors (Lipinski definition) is 3. The number of carbonyl (C=O) groups excluding carboxylic acids is 1. The fourth-order valence-electron chi connectivity index (χ4n) is 2.80. The first kappa shape index (κ1) is 22.9. The summed E-state index contributed by atoms with van der Waals surface area (Å²) in [6, 6.07) is 2.17. The van der Waals surface area contributed by atoms with Gasteiger partial charge in [-0.1, -0.05) is 6.08 Å².